The summed E-state index contributed by atoms with van der Waals surface area (Å²) in [7, 11) is 1.53. The predicted molar refractivity (Wildman–Crippen MR) is 144 cm³/mol. The van der Waals surface area contributed by atoms with Crippen molar-refractivity contribution >= 4 is 33.9 Å². The van der Waals surface area contributed by atoms with Crippen LogP contribution in [0, 0.1) is 13.8 Å². The predicted octanol–water partition coefficient (Wildman–Crippen LogP) is 5.37. The number of hydrogen-bond donors (Lipinski definition) is 1. The quantitative estimate of drug-likeness (QED) is 0.196. The largest absolute Gasteiger partial charge is 0.507 e. The van der Waals surface area contributed by atoms with Crippen molar-refractivity contribution in [3.63, 3.8) is 0 Å². The Morgan fingerprint density at radius 2 is 1.74 bits per heavy atom. The van der Waals surface area contributed by atoms with Crippen LogP contribution in [0.2, 0.25) is 0 Å². The summed E-state index contributed by atoms with van der Waals surface area (Å²) in [6.07, 6.45) is 0. The maximum atomic E-state index is 13.3. The van der Waals surface area contributed by atoms with Gasteiger partial charge in [-0.05, 0) is 66.9 Å². The Morgan fingerprint density at radius 3 is 2.42 bits per heavy atom. The van der Waals surface area contributed by atoms with E-state index in [9.17, 15) is 14.7 Å². The van der Waals surface area contributed by atoms with Gasteiger partial charge in [0.25, 0.3) is 5.78 Å². The first kappa shape index (κ1) is 25.2. The van der Waals surface area contributed by atoms with Gasteiger partial charge in [0.1, 0.15) is 28.9 Å². The molecule has 4 aromatic rings. The second kappa shape index (κ2) is 10.5. The highest BCUT2D eigenvalue weighted by atomic mass is 32.1. The zero-order valence-electron chi connectivity index (χ0n) is 21.0. The lowest BCUT2D eigenvalue weighted by atomic mass is 9.95. The van der Waals surface area contributed by atoms with Crippen molar-refractivity contribution < 1.29 is 24.2 Å². The number of methoxy groups -OCH3 is 1. The molecule has 1 saturated heterocycles. The number of carbonyl (C=O) groups excluding carboxylic acids is 2. The molecule has 1 atom stereocenters. The molecular weight excluding hydrogens is 502 g/mol. The fourth-order valence-corrected chi connectivity index (χ4v) is 5.05. The number of aliphatic hydroxyl groups excluding tert-OH is 1. The molecule has 9 heteroatoms. The number of aromatic nitrogens is 2. The highest BCUT2D eigenvalue weighted by Crippen LogP contribution is 2.43. The van der Waals surface area contributed by atoms with Gasteiger partial charge >= 0.3 is 5.91 Å². The molecule has 1 fully saturated rings. The number of amides is 1. The lowest BCUT2D eigenvalue weighted by Crippen LogP contribution is -2.29. The number of anilines is 1. The molecule has 1 aliphatic heterocycles. The molecule has 0 aliphatic carbocycles. The molecule has 2 heterocycles. The summed E-state index contributed by atoms with van der Waals surface area (Å²) in [5.74, 6) is -0.710. The molecular formula is C29H25N3O5S. The van der Waals surface area contributed by atoms with Gasteiger partial charge in [0.2, 0.25) is 5.13 Å². The number of hydrogen-bond acceptors (Lipinski definition) is 8. The van der Waals surface area contributed by atoms with Crippen LogP contribution in [-0.2, 0) is 16.2 Å². The van der Waals surface area contributed by atoms with Crippen molar-refractivity contribution in [3.05, 3.63) is 106 Å². The van der Waals surface area contributed by atoms with Gasteiger partial charge in [-0.15, -0.1) is 10.2 Å². The molecule has 1 amide bonds. The minimum atomic E-state index is -0.908. The van der Waals surface area contributed by atoms with E-state index in [1.54, 1.807) is 55.5 Å². The topological polar surface area (TPSA) is 102 Å². The first-order valence-corrected chi connectivity index (χ1v) is 12.7. The monoisotopic (exact) mass is 527 g/mol. The average molecular weight is 528 g/mol. The van der Waals surface area contributed by atoms with Gasteiger partial charge in [-0.1, -0.05) is 47.7 Å². The highest BCUT2D eigenvalue weighted by molar-refractivity contribution is 7.15. The van der Waals surface area contributed by atoms with E-state index in [2.05, 4.69) is 10.2 Å². The molecule has 0 unspecified atom stereocenters. The van der Waals surface area contributed by atoms with E-state index < -0.39 is 17.7 Å². The molecule has 0 bridgehead atoms. The van der Waals surface area contributed by atoms with Crippen molar-refractivity contribution in [2.45, 2.75) is 26.5 Å². The van der Waals surface area contributed by atoms with Crippen molar-refractivity contribution in [2.24, 2.45) is 0 Å². The fraction of sp³-hybridized carbons (Fsp3) is 0.172. The number of ether oxygens (including phenoxy) is 2. The second-order valence-electron chi connectivity index (χ2n) is 8.79. The Kier molecular flexibility index (Phi) is 6.93. The number of Topliss-reactive ketones (excluding diaryl/α,β-unsaturated/α-hetero) is 1. The second-order valence-corrected chi connectivity index (χ2v) is 9.95. The summed E-state index contributed by atoms with van der Waals surface area (Å²) >= 11 is 1.19. The SMILES string of the molecule is COc1cccc([C@H]2/C(=C(\O)c3ccc(OCc4ccccc4C)cc3)C(=O)C(=O)N2c2nnc(C)s2)c1. The number of ketones is 1. The molecule has 192 valence electrons. The van der Waals surface area contributed by atoms with Crippen LogP contribution >= 0.6 is 11.3 Å². The summed E-state index contributed by atoms with van der Waals surface area (Å²) in [6, 6.07) is 20.9. The Bertz CT molecular complexity index is 1540. The summed E-state index contributed by atoms with van der Waals surface area (Å²) in [5.41, 5.74) is 3.15. The van der Waals surface area contributed by atoms with E-state index in [1.165, 1.54) is 23.3 Å². The molecule has 1 N–H and O–H groups in total. The molecule has 8 nitrogen and oxygen atoms in total. The zero-order valence-corrected chi connectivity index (χ0v) is 21.9. The molecule has 38 heavy (non-hydrogen) atoms. The molecule has 1 aromatic heterocycles. The van der Waals surface area contributed by atoms with Gasteiger partial charge in [-0.3, -0.25) is 14.5 Å². The van der Waals surface area contributed by atoms with Crippen LogP contribution in [0.15, 0.2) is 78.4 Å². The molecule has 0 spiro atoms. The van der Waals surface area contributed by atoms with E-state index in [0.29, 0.717) is 34.2 Å². The smallest absolute Gasteiger partial charge is 0.301 e. The molecule has 3 aromatic carbocycles. The summed E-state index contributed by atoms with van der Waals surface area (Å²) in [5, 5.41) is 20.4. The van der Waals surface area contributed by atoms with Gasteiger partial charge in [-0.2, -0.15) is 0 Å². The molecule has 0 radical (unpaired) electrons. The first-order valence-electron chi connectivity index (χ1n) is 11.9. The van der Waals surface area contributed by atoms with Crippen LogP contribution in [0.5, 0.6) is 11.5 Å². The normalized spacial score (nSPS) is 16.6. The number of rotatable bonds is 7. The fourth-order valence-electron chi connectivity index (χ4n) is 4.34. The number of aliphatic hydroxyl groups is 1. The maximum absolute atomic E-state index is 13.3. The van der Waals surface area contributed by atoms with Gasteiger partial charge in [0.05, 0.1) is 18.7 Å². The van der Waals surface area contributed by atoms with Crippen molar-refractivity contribution in [2.75, 3.05) is 12.0 Å². The number of nitrogens with zero attached hydrogens (tertiary/aromatic N) is 3. The third-order valence-corrected chi connectivity index (χ3v) is 7.20. The van der Waals surface area contributed by atoms with Crippen LogP contribution in [-0.4, -0.2) is 34.1 Å². The lowest BCUT2D eigenvalue weighted by molar-refractivity contribution is -0.132. The average Bonchev–Trinajstić information content (AvgIpc) is 3.48. The number of carbonyl (C=O) groups is 2. The number of aryl methyl sites for hydroxylation is 2. The van der Waals surface area contributed by atoms with Crippen molar-refractivity contribution in [1.82, 2.24) is 10.2 Å². The Hall–Kier alpha value is -4.50. The third-order valence-electron chi connectivity index (χ3n) is 6.36. The summed E-state index contributed by atoms with van der Waals surface area (Å²) in [6.45, 7) is 4.19. The minimum Gasteiger partial charge on any atom is -0.507 e. The molecule has 0 saturated carbocycles. The third kappa shape index (κ3) is 4.76. The van der Waals surface area contributed by atoms with Crippen LogP contribution in [0.1, 0.15) is 33.3 Å². The van der Waals surface area contributed by atoms with E-state index >= 15 is 0 Å². The van der Waals surface area contributed by atoms with Gasteiger partial charge in [0, 0.05) is 5.56 Å². The van der Waals surface area contributed by atoms with Crippen molar-refractivity contribution in [1.29, 1.82) is 0 Å². The van der Waals surface area contributed by atoms with Crippen LogP contribution in [0.4, 0.5) is 5.13 Å². The summed E-state index contributed by atoms with van der Waals surface area (Å²) < 4.78 is 11.3. The van der Waals surface area contributed by atoms with Crippen LogP contribution < -0.4 is 14.4 Å². The standard InChI is InChI=1S/C29H25N3O5S/c1-17-7-4-5-8-21(17)16-37-22-13-11-19(12-14-22)26(33)24-25(20-9-6-10-23(15-20)36-3)32(28(35)27(24)34)29-31-30-18(2)38-29/h4-15,25,33H,16H2,1-3H3/b26-24+/t25-/m0/s1. The Balaban J connectivity index is 1.52. The highest BCUT2D eigenvalue weighted by Gasteiger charge is 2.48. The van der Waals surface area contributed by atoms with E-state index in [1.807, 2.05) is 31.2 Å². The van der Waals surface area contributed by atoms with Gasteiger partial charge in [0.15, 0.2) is 0 Å². The lowest BCUT2D eigenvalue weighted by Gasteiger charge is -2.23. The van der Waals surface area contributed by atoms with Gasteiger partial charge < -0.3 is 14.6 Å². The Morgan fingerprint density at radius 1 is 0.974 bits per heavy atom. The van der Waals surface area contributed by atoms with E-state index in [0.717, 1.165) is 11.1 Å². The van der Waals surface area contributed by atoms with Crippen molar-refractivity contribution in [3.8, 4) is 11.5 Å². The Labute approximate surface area is 223 Å². The maximum Gasteiger partial charge on any atom is 0.301 e. The van der Waals surface area contributed by atoms with Crippen LogP contribution in [0.25, 0.3) is 5.76 Å². The summed E-state index contributed by atoms with van der Waals surface area (Å²) in [4.78, 5) is 27.8. The van der Waals surface area contributed by atoms with E-state index in [4.69, 9.17) is 9.47 Å². The van der Waals surface area contributed by atoms with Crippen LogP contribution in [0.3, 0.4) is 0 Å². The molecule has 5 rings (SSSR count). The van der Waals surface area contributed by atoms with E-state index in [-0.39, 0.29) is 16.5 Å². The van der Waals surface area contributed by atoms with Gasteiger partial charge in [-0.25, -0.2) is 0 Å². The number of benzene rings is 3. The first-order chi connectivity index (χ1) is 18.4. The zero-order chi connectivity index (χ0) is 26.8. The minimum absolute atomic E-state index is 0.0373. The molecule has 1 aliphatic rings.